The van der Waals surface area contributed by atoms with Crippen LogP contribution in [0.15, 0.2) is 35.7 Å². The van der Waals surface area contributed by atoms with Gasteiger partial charge in [0.1, 0.15) is 0 Å². The van der Waals surface area contributed by atoms with Crippen molar-refractivity contribution in [2.45, 2.75) is 25.9 Å². The molecule has 1 N–H and O–H groups in total. The molecule has 2 aliphatic rings. The van der Waals surface area contributed by atoms with Crippen molar-refractivity contribution in [1.82, 2.24) is 15.1 Å². The molecule has 1 aromatic carbocycles. The minimum absolute atomic E-state index is 0.0101. The minimum Gasteiger partial charge on any atom is -0.331 e. The van der Waals surface area contributed by atoms with Crippen LogP contribution >= 0.6 is 11.3 Å². The normalized spacial score (nSPS) is 19.5. The van der Waals surface area contributed by atoms with Crippen LogP contribution in [0.4, 0.5) is 4.79 Å². The van der Waals surface area contributed by atoms with Crippen LogP contribution in [0.1, 0.15) is 39.3 Å². The second-order valence-electron chi connectivity index (χ2n) is 6.56. The SMILES string of the molecule is C[C@H]1c2ccsc2CCN1C(=O)c1ccc(CN2C(=O)CNC2=O)cc1. The molecule has 26 heavy (non-hydrogen) atoms. The number of rotatable bonds is 3. The number of thiophene rings is 1. The first-order valence-electron chi connectivity index (χ1n) is 8.59. The van der Waals surface area contributed by atoms with E-state index in [4.69, 9.17) is 0 Å². The number of nitrogens with one attached hydrogen (secondary N) is 1. The van der Waals surface area contributed by atoms with E-state index in [0.29, 0.717) is 5.56 Å². The third-order valence-electron chi connectivity index (χ3n) is 5.02. The summed E-state index contributed by atoms with van der Waals surface area (Å²) in [5.74, 6) is -0.222. The first-order chi connectivity index (χ1) is 12.5. The topological polar surface area (TPSA) is 69.7 Å². The monoisotopic (exact) mass is 369 g/mol. The van der Waals surface area contributed by atoms with Gasteiger partial charge in [-0.15, -0.1) is 11.3 Å². The Morgan fingerprint density at radius 1 is 1.23 bits per heavy atom. The highest BCUT2D eigenvalue weighted by atomic mass is 32.1. The number of amides is 4. The number of benzene rings is 1. The van der Waals surface area contributed by atoms with Gasteiger partial charge >= 0.3 is 6.03 Å². The zero-order valence-electron chi connectivity index (χ0n) is 14.4. The smallest absolute Gasteiger partial charge is 0.324 e. The summed E-state index contributed by atoms with van der Waals surface area (Å²) in [7, 11) is 0. The first kappa shape index (κ1) is 16.8. The van der Waals surface area contributed by atoms with E-state index in [9.17, 15) is 14.4 Å². The summed E-state index contributed by atoms with van der Waals surface area (Å²) >= 11 is 1.75. The standard InChI is InChI=1S/C19H19N3O3S/c1-12-15-7-9-26-16(15)6-8-21(12)18(24)14-4-2-13(3-5-14)11-22-17(23)10-20-19(22)25/h2-5,7,9,12H,6,8,10-11H2,1H3,(H,20,25)/t12-/m0/s1. The predicted molar refractivity (Wildman–Crippen MR) is 97.9 cm³/mol. The molecule has 0 saturated carbocycles. The Bertz CT molecular complexity index is 858. The Balaban J connectivity index is 1.48. The summed E-state index contributed by atoms with van der Waals surface area (Å²) in [6.07, 6.45) is 0.896. The van der Waals surface area contributed by atoms with Crippen LogP contribution in [0.3, 0.4) is 0 Å². The molecular formula is C19H19N3O3S. The number of fused-ring (bicyclic) bond motifs is 1. The van der Waals surface area contributed by atoms with Crippen molar-refractivity contribution in [3.05, 3.63) is 57.3 Å². The van der Waals surface area contributed by atoms with E-state index in [1.807, 2.05) is 4.90 Å². The first-order valence-corrected chi connectivity index (χ1v) is 9.47. The van der Waals surface area contributed by atoms with Gasteiger partial charge in [0, 0.05) is 17.0 Å². The molecular weight excluding hydrogens is 350 g/mol. The van der Waals surface area contributed by atoms with Crippen LogP contribution in [0.2, 0.25) is 0 Å². The zero-order valence-corrected chi connectivity index (χ0v) is 15.2. The quantitative estimate of drug-likeness (QED) is 0.846. The van der Waals surface area contributed by atoms with Crippen molar-refractivity contribution >= 4 is 29.2 Å². The summed E-state index contributed by atoms with van der Waals surface area (Å²) in [4.78, 5) is 40.6. The van der Waals surface area contributed by atoms with Crippen molar-refractivity contribution in [3.63, 3.8) is 0 Å². The molecule has 0 bridgehead atoms. The summed E-state index contributed by atoms with van der Waals surface area (Å²) < 4.78 is 0. The van der Waals surface area contributed by atoms with Gasteiger partial charge in [-0.3, -0.25) is 14.5 Å². The molecule has 1 atom stereocenters. The molecule has 2 aromatic rings. The Morgan fingerprint density at radius 2 is 2.00 bits per heavy atom. The molecule has 7 heteroatoms. The summed E-state index contributed by atoms with van der Waals surface area (Å²) in [6.45, 7) is 3.05. The fraction of sp³-hybridized carbons (Fsp3) is 0.316. The van der Waals surface area contributed by atoms with Gasteiger partial charge in [-0.25, -0.2) is 4.79 Å². The highest BCUT2D eigenvalue weighted by Gasteiger charge is 2.30. The van der Waals surface area contributed by atoms with Crippen LogP contribution < -0.4 is 5.32 Å². The highest BCUT2D eigenvalue weighted by Crippen LogP contribution is 2.33. The van der Waals surface area contributed by atoms with Crippen molar-refractivity contribution < 1.29 is 14.4 Å². The highest BCUT2D eigenvalue weighted by molar-refractivity contribution is 7.10. The molecule has 2 aliphatic heterocycles. The minimum atomic E-state index is -0.371. The van der Waals surface area contributed by atoms with Crippen LogP contribution in [0.5, 0.6) is 0 Å². The molecule has 1 fully saturated rings. The summed E-state index contributed by atoms with van der Waals surface area (Å²) in [5, 5.41) is 4.58. The molecule has 0 spiro atoms. The lowest BCUT2D eigenvalue weighted by Crippen LogP contribution is -2.38. The molecule has 6 nitrogen and oxygen atoms in total. The van der Waals surface area contributed by atoms with E-state index in [2.05, 4.69) is 23.7 Å². The Kier molecular flexibility index (Phi) is 4.24. The molecule has 0 aliphatic carbocycles. The average molecular weight is 369 g/mol. The van der Waals surface area contributed by atoms with Crippen LogP contribution in [0.25, 0.3) is 0 Å². The Morgan fingerprint density at radius 3 is 2.69 bits per heavy atom. The maximum atomic E-state index is 12.9. The van der Waals surface area contributed by atoms with Gasteiger partial charge in [0.25, 0.3) is 5.91 Å². The lowest BCUT2D eigenvalue weighted by atomic mass is 10.00. The van der Waals surface area contributed by atoms with Crippen LogP contribution in [-0.2, 0) is 17.8 Å². The molecule has 0 radical (unpaired) electrons. The van der Waals surface area contributed by atoms with E-state index < -0.39 is 0 Å². The molecule has 134 valence electrons. The molecule has 3 heterocycles. The van der Waals surface area contributed by atoms with Crippen LogP contribution in [-0.4, -0.2) is 40.7 Å². The van der Waals surface area contributed by atoms with Gasteiger partial charge in [-0.1, -0.05) is 12.1 Å². The van der Waals surface area contributed by atoms with Crippen molar-refractivity contribution in [2.24, 2.45) is 0 Å². The summed E-state index contributed by atoms with van der Waals surface area (Å²) in [5.41, 5.74) is 2.68. The molecule has 1 saturated heterocycles. The number of urea groups is 1. The third kappa shape index (κ3) is 2.88. The largest absolute Gasteiger partial charge is 0.331 e. The van der Waals surface area contributed by atoms with Gasteiger partial charge in [-0.2, -0.15) is 0 Å². The van der Waals surface area contributed by atoms with E-state index >= 15 is 0 Å². The lowest BCUT2D eigenvalue weighted by molar-refractivity contribution is -0.125. The molecule has 4 amide bonds. The third-order valence-corrected chi connectivity index (χ3v) is 6.01. The Hall–Kier alpha value is -2.67. The number of nitrogens with zero attached hydrogens (tertiary/aromatic N) is 2. The van der Waals surface area contributed by atoms with E-state index in [0.717, 1.165) is 18.5 Å². The second kappa shape index (κ2) is 6.57. The van der Waals surface area contributed by atoms with Crippen molar-refractivity contribution in [1.29, 1.82) is 0 Å². The maximum absolute atomic E-state index is 12.9. The van der Waals surface area contributed by atoms with Crippen molar-refractivity contribution in [3.8, 4) is 0 Å². The average Bonchev–Trinajstić information content (AvgIpc) is 3.25. The lowest BCUT2D eigenvalue weighted by Gasteiger charge is -2.33. The number of imide groups is 1. The van der Waals surface area contributed by atoms with E-state index in [-0.39, 0.29) is 37.0 Å². The maximum Gasteiger partial charge on any atom is 0.324 e. The predicted octanol–water partition coefficient (Wildman–Crippen LogP) is 2.56. The Labute approximate surface area is 155 Å². The van der Waals surface area contributed by atoms with Crippen LogP contribution in [0, 0.1) is 0 Å². The fourth-order valence-corrected chi connectivity index (χ4v) is 4.47. The van der Waals surface area contributed by atoms with Gasteiger partial charge in [0.2, 0.25) is 5.91 Å². The van der Waals surface area contributed by atoms with Gasteiger partial charge in [0.15, 0.2) is 0 Å². The number of carbonyl (C=O) groups excluding carboxylic acids is 3. The fourth-order valence-electron chi connectivity index (χ4n) is 3.50. The zero-order chi connectivity index (χ0) is 18.3. The number of hydrogen-bond donors (Lipinski definition) is 1. The van der Waals surface area contributed by atoms with E-state index in [1.165, 1.54) is 15.3 Å². The summed E-state index contributed by atoms with van der Waals surface area (Å²) in [6, 6.07) is 8.95. The molecule has 0 unspecified atom stereocenters. The molecule has 4 rings (SSSR count). The number of hydrogen-bond acceptors (Lipinski definition) is 4. The van der Waals surface area contributed by atoms with Gasteiger partial charge < -0.3 is 10.2 Å². The van der Waals surface area contributed by atoms with Gasteiger partial charge in [0.05, 0.1) is 19.1 Å². The number of carbonyl (C=O) groups is 3. The van der Waals surface area contributed by atoms with Crippen molar-refractivity contribution in [2.75, 3.05) is 13.1 Å². The second-order valence-corrected chi connectivity index (χ2v) is 7.56. The van der Waals surface area contributed by atoms with Gasteiger partial charge in [-0.05, 0) is 48.1 Å². The van der Waals surface area contributed by atoms with E-state index in [1.54, 1.807) is 35.6 Å². The molecule has 1 aromatic heterocycles.